The first-order valence-electron chi connectivity index (χ1n) is 19.5. The van der Waals surface area contributed by atoms with Gasteiger partial charge in [0, 0.05) is 53.9 Å². The maximum Gasteiger partial charge on any atom is 0.248 e. The SMILES string of the molecule is CC(C)(C)c1ccc(N2c3cc4oc5ccccc5c4cc3B3c4ccccc4-c4cc(-c5ccc6sc7ccccc7c6c5)cc2c43)c(-c2ccccc2)c1. The molecule has 12 rings (SSSR count). The standard InChI is InChI=1S/C52H36BNOS/c1-52(2,3)34-22-23-44(38(28-34)31-13-5-4-6-14-31)54-45-30-48-39(36-16-8-11-19-47(36)55-48)29-43(45)53-42-18-10-7-15-35(42)41-26-33(27-46(54)51(41)53)32-21-24-50-40(25-32)37-17-9-12-20-49(37)56-50/h4-30H,1-3H3. The number of hydrogen-bond acceptors (Lipinski definition) is 3. The van der Waals surface area contributed by atoms with Gasteiger partial charge in [0.15, 0.2) is 0 Å². The number of hydrogen-bond donors (Lipinski definition) is 0. The topological polar surface area (TPSA) is 16.4 Å². The maximum absolute atomic E-state index is 6.66. The van der Waals surface area contributed by atoms with Crippen molar-refractivity contribution in [1.82, 2.24) is 0 Å². The smallest absolute Gasteiger partial charge is 0.248 e. The Morgan fingerprint density at radius 3 is 2.11 bits per heavy atom. The van der Waals surface area contributed by atoms with Gasteiger partial charge in [-0.3, -0.25) is 0 Å². The summed E-state index contributed by atoms with van der Waals surface area (Å²) in [5.41, 5.74) is 18.2. The van der Waals surface area contributed by atoms with E-state index in [1.165, 1.54) is 81.2 Å². The second-order valence-corrected chi connectivity index (χ2v) is 17.6. The van der Waals surface area contributed by atoms with E-state index in [1.54, 1.807) is 0 Å². The molecule has 56 heavy (non-hydrogen) atoms. The van der Waals surface area contributed by atoms with Crippen LogP contribution in [0.3, 0.4) is 0 Å². The van der Waals surface area contributed by atoms with E-state index in [-0.39, 0.29) is 12.1 Å². The highest BCUT2D eigenvalue weighted by molar-refractivity contribution is 7.25. The minimum absolute atomic E-state index is 0.0132. The summed E-state index contributed by atoms with van der Waals surface area (Å²) in [7, 11) is 0. The van der Waals surface area contributed by atoms with Crippen molar-refractivity contribution in [3.05, 3.63) is 169 Å². The highest BCUT2D eigenvalue weighted by Gasteiger charge is 2.43. The minimum atomic E-state index is -0.0132. The van der Waals surface area contributed by atoms with Crippen LogP contribution in [0.25, 0.3) is 75.5 Å². The molecule has 2 aliphatic rings. The molecule has 264 valence electrons. The molecule has 2 aliphatic heterocycles. The third kappa shape index (κ3) is 4.57. The van der Waals surface area contributed by atoms with Gasteiger partial charge in [0.05, 0.1) is 5.69 Å². The monoisotopic (exact) mass is 733 g/mol. The quantitative estimate of drug-likeness (QED) is 0.168. The summed E-state index contributed by atoms with van der Waals surface area (Å²) in [5, 5.41) is 4.95. The Morgan fingerprint density at radius 2 is 1.23 bits per heavy atom. The predicted octanol–water partition coefficient (Wildman–Crippen LogP) is 12.9. The lowest BCUT2D eigenvalue weighted by molar-refractivity contribution is 0.590. The number of thiophene rings is 1. The van der Waals surface area contributed by atoms with Crippen LogP contribution in [0.2, 0.25) is 0 Å². The fourth-order valence-corrected chi connectivity index (χ4v) is 10.6. The summed E-state index contributed by atoms with van der Waals surface area (Å²) in [6.07, 6.45) is 0. The average molecular weight is 734 g/mol. The average Bonchev–Trinajstić information content (AvgIpc) is 3.90. The lowest BCUT2D eigenvalue weighted by Gasteiger charge is -2.38. The van der Waals surface area contributed by atoms with E-state index in [0.717, 1.165) is 33.3 Å². The van der Waals surface area contributed by atoms with Crippen LogP contribution in [0.5, 0.6) is 0 Å². The molecule has 0 amide bonds. The van der Waals surface area contributed by atoms with Crippen molar-refractivity contribution in [3.8, 4) is 33.4 Å². The first kappa shape index (κ1) is 31.9. The molecule has 4 heterocycles. The van der Waals surface area contributed by atoms with Gasteiger partial charge in [-0.2, -0.15) is 0 Å². The van der Waals surface area contributed by atoms with Gasteiger partial charge in [-0.1, -0.05) is 135 Å². The summed E-state index contributed by atoms with van der Waals surface area (Å²) in [6.45, 7) is 7.00. The highest BCUT2D eigenvalue weighted by atomic mass is 32.1. The molecule has 0 radical (unpaired) electrons. The van der Waals surface area contributed by atoms with Crippen molar-refractivity contribution in [3.63, 3.8) is 0 Å². The first-order valence-corrected chi connectivity index (χ1v) is 20.3. The Balaban J connectivity index is 1.20. The van der Waals surface area contributed by atoms with E-state index >= 15 is 0 Å². The van der Waals surface area contributed by atoms with Crippen LogP contribution in [0.4, 0.5) is 17.1 Å². The van der Waals surface area contributed by atoms with E-state index in [9.17, 15) is 0 Å². The Kier molecular flexibility index (Phi) is 6.61. The largest absolute Gasteiger partial charge is 0.456 e. The van der Waals surface area contributed by atoms with Crippen molar-refractivity contribution in [2.75, 3.05) is 4.90 Å². The van der Waals surface area contributed by atoms with Crippen LogP contribution in [-0.4, -0.2) is 6.71 Å². The van der Waals surface area contributed by atoms with Crippen LogP contribution >= 0.6 is 11.3 Å². The van der Waals surface area contributed by atoms with Crippen LogP contribution in [-0.2, 0) is 5.41 Å². The van der Waals surface area contributed by atoms with Crippen molar-refractivity contribution in [2.45, 2.75) is 26.2 Å². The summed E-state index contributed by atoms with van der Waals surface area (Å²) in [4.78, 5) is 2.56. The zero-order chi connectivity index (χ0) is 37.3. The maximum atomic E-state index is 6.66. The third-order valence-electron chi connectivity index (χ3n) is 12.2. The van der Waals surface area contributed by atoms with Gasteiger partial charge >= 0.3 is 0 Å². The zero-order valence-corrected chi connectivity index (χ0v) is 32.2. The van der Waals surface area contributed by atoms with Crippen LogP contribution < -0.4 is 21.3 Å². The van der Waals surface area contributed by atoms with Crippen LogP contribution in [0.15, 0.2) is 168 Å². The van der Waals surface area contributed by atoms with Gasteiger partial charge in [-0.15, -0.1) is 11.3 Å². The molecule has 0 N–H and O–H groups in total. The van der Waals surface area contributed by atoms with Crippen molar-refractivity contribution in [1.29, 1.82) is 0 Å². The molecule has 0 unspecified atom stereocenters. The van der Waals surface area contributed by atoms with Gasteiger partial charge in [0.1, 0.15) is 11.2 Å². The van der Waals surface area contributed by atoms with Gasteiger partial charge in [0.2, 0.25) is 6.71 Å². The first-order chi connectivity index (χ1) is 27.4. The molecule has 10 aromatic rings. The molecule has 0 aliphatic carbocycles. The molecule has 2 aromatic heterocycles. The van der Waals surface area contributed by atoms with Gasteiger partial charge in [-0.25, -0.2) is 0 Å². The number of nitrogens with zero attached hydrogens (tertiary/aromatic N) is 1. The number of para-hydroxylation sites is 1. The van der Waals surface area contributed by atoms with Crippen molar-refractivity contribution >= 4 is 93.6 Å². The summed E-state index contributed by atoms with van der Waals surface area (Å²) in [5.74, 6) is 0. The van der Waals surface area contributed by atoms with Crippen molar-refractivity contribution in [2.24, 2.45) is 0 Å². The number of anilines is 3. The number of rotatable bonds is 3. The van der Waals surface area contributed by atoms with Crippen LogP contribution in [0.1, 0.15) is 26.3 Å². The molecule has 0 fully saturated rings. The molecule has 8 aromatic carbocycles. The lowest BCUT2D eigenvalue weighted by Crippen LogP contribution is -2.54. The fraction of sp³-hybridized carbons (Fsp3) is 0.0769. The zero-order valence-electron chi connectivity index (χ0n) is 31.4. The van der Waals surface area contributed by atoms with Gasteiger partial charge in [-0.05, 0) is 98.3 Å². The molecule has 0 spiro atoms. The second-order valence-electron chi connectivity index (χ2n) is 16.5. The Morgan fingerprint density at radius 1 is 0.464 bits per heavy atom. The van der Waals surface area contributed by atoms with E-state index in [1.807, 2.05) is 11.3 Å². The lowest BCUT2D eigenvalue weighted by atomic mass is 9.37. The molecule has 0 saturated carbocycles. The van der Waals surface area contributed by atoms with E-state index in [2.05, 4.69) is 189 Å². The molecular formula is C52H36BNOS. The molecule has 0 saturated heterocycles. The van der Waals surface area contributed by atoms with Crippen LogP contribution in [0, 0.1) is 0 Å². The summed E-state index contributed by atoms with van der Waals surface area (Å²) < 4.78 is 9.30. The highest BCUT2D eigenvalue weighted by Crippen LogP contribution is 2.48. The Hall–Kier alpha value is -6.36. The summed E-state index contributed by atoms with van der Waals surface area (Å²) >= 11 is 1.87. The number of furan rings is 1. The third-order valence-corrected chi connectivity index (χ3v) is 13.4. The second kappa shape index (κ2) is 11.6. The van der Waals surface area contributed by atoms with E-state index in [4.69, 9.17) is 4.42 Å². The minimum Gasteiger partial charge on any atom is -0.456 e. The number of benzene rings is 8. The molecule has 0 bridgehead atoms. The molecule has 4 heteroatoms. The summed E-state index contributed by atoms with van der Waals surface area (Å²) in [6, 6.07) is 61.1. The molecule has 2 nitrogen and oxygen atoms in total. The Bertz CT molecular complexity index is 3260. The van der Waals surface area contributed by atoms with E-state index < -0.39 is 0 Å². The predicted molar refractivity (Wildman–Crippen MR) is 241 cm³/mol. The normalized spacial score (nSPS) is 13.2. The fourth-order valence-electron chi connectivity index (χ4n) is 9.53. The van der Waals surface area contributed by atoms with Crippen molar-refractivity contribution < 1.29 is 4.42 Å². The Labute approximate surface area is 330 Å². The number of fused-ring (bicyclic) bond motifs is 11. The molecule has 0 atom stereocenters. The van der Waals surface area contributed by atoms with Gasteiger partial charge < -0.3 is 9.32 Å². The van der Waals surface area contributed by atoms with Gasteiger partial charge in [0.25, 0.3) is 0 Å². The molecular weight excluding hydrogens is 697 g/mol. The van der Waals surface area contributed by atoms with E-state index in [0.29, 0.717) is 0 Å².